The summed E-state index contributed by atoms with van der Waals surface area (Å²) in [5, 5.41) is 0. The molecule has 0 amide bonds. The van der Waals surface area contributed by atoms with Crippen LogP contribution in [0.15, 0.2) is 0 Å². The van der Waals surface area contributed by atoms with Crippen LogP contribution in [0.3, 0.4) is 0 Å². The third-order valence-corrected chi connectivity index (χ3v) is 3.29. The molecule has 0 spiro atoms. The summed E-state index contributed by atoms with van der Waals surface area (Å²) < 4.78 is 16.3. The van der Waals surface area contributed by atoms with Gasteiger partial charge in [-0.2, -0.15) is 0 Å². The minimum absolute atomic E-state index is 0.114. The third kappa shape index (κ3) is 11.4. The van der Waals surface area contributed by atoms with Crippen LogP contribution in [0, 0.1) is 11.8 Å². The van der Waals surface area contributed by atoms with Gasteiger partial charge in [-0.15, -0.1) is 0 Å². The van der Waals surface area contributed by atoms with Crippen LogP contribution in [-0.2, 0) is 19.0 Å². The molecular weight excluding hydrogens is 256 g/mol. The van der Waals surface area contributed by atoms with Gasteiger partial charge < -0.3 is 14.2 Å². The molecule has 1 atom stereocenters. The van der Waals surface area contributed by atoms with E-state index in [4.69, 9.17) is 14.2 Å². The Hall–Kier alpha value is -0.450. The van der Waals surface area contributed by atoms with Crippen molar-refractivity contribution in [2.45, 2.75) is 47.0 Å². The number of ketones is 1. The Kier molecular flexibility index (Phi) is 13.2. The number of unbranched alkanes of at least 4 members (excludes halogenated alkanes) is 1. The minimum atomic E-state index is 0.114. The van der Waals surface area contributed by atoms with Crippen LogP contribution in [0.2, 0.25) is 0 Å². The van der Waals surface area contributed by atoms with Crippen molar-refractivity contribution in [3.8, 4) is 0 Å². The molecule has 20 heavy (non-hydrogen) atoms. The van der Waals surface area contributed by atoms with E-state index in [-0.39, 0.29) is 11.7 Å². The lowest BCUT2D eigenvalue weighted by atomic mass is 9.89. The number of ether oxygens (including phenoxy) is 3. The molecule has 0 aliphatic heterocycles. The van der Waals surface area contributed by atoms with Crippen LogP contribution in [0.25, 0.3) is 0 Å². The zero-order chi connectivity index (χ0) is 15.2. The van der Waals surface area contributed by atoms with E-state index in [0.717, 1.165) is 25.9 Å². The smallest absolute Gasteiger partial charge is 0.133 e. The first-order valence-electron chi connectivity index (χ1n) is 7.83. The molecule has 0 aromatic heterocycles. The van der Waals surface area contributed by atoms with Gasteiger partial charge in [0.05, 0.1) is 26.4 Å². The topological polar surface area (TPSA) is 44.8 Å². The van der Waals surface area contributed by atoms with Crippen LogP contribution in [0.5, 0.6) is 0 Å². The quantitative estimate of drug-likeness (QED) is 0.461. The van der Waals surface area contributed by atoms with Crippen molar-refractivity contribution in [1.82, 2.24) is 0 Å². The fraction of sp³-hybridized carbons (Fsp3) is 0.938. The van der Waals surface area contributed by atoms with E-state index in [1.807, 2.05) is 0 Å². The lowest BCUT2D eigenvalue weighted by Gasteiger charge is -2.17. The maximum absolute atomic E-state index is 11.4. The van der Waals surface area contributed by atoms with Crippen LogP contribution < -0.4 is 0 Å². The van der Waals surface area contributed by atoms with Crippen LogP contribution in [0.1, 0.15) is 47.0 Å². The second kappa shape index (κ2) is 13.5. The van der Waals surface area contributed by atoms with Gasteiger partial charge in [0.15, 0.2) is 0 Å². The molecule has 0 aromatic carbocycles. The van der Waals surface area contributed by atoms with Gasteiger partial charge in [-0.25, -0.2) is 0 Å². The number of carbonyl (C=O) groups excluding carboxylic acids is 1. The highest BCUT2D eigenvalue weighted by atomic mass is 16.5. The third-order valence-electron chi connectivity index (χ3n) is 3.29. The van der Waals surface area contributed by atoms with E-state index in [9.17, 15) is 4.79 Å². The normalized spacial score (nSPS) is 12.8. The largest absolute Gasteiger partial charge is 0.379 e. The van der Waals surface area contributed by atoms with Gasteiger partial charge in [0.1, 0.15) is 5.78 Å². The monoisotopic (exact) mass is 288 g/mol. The summed E-state index contributed by atoms with van der Waals surface area (Å²) in [5.41, 5.74) is 0. The lowest BCUT2D eigenvalue weighted by molar-refractivity contribution is -0.122. The minimum Gasteiger partial charge on any atom is -0.379 e. The molecule has 0 heterocycles. The maximum atomic E-state index is 11.4. The SMILES string of the molecule is CCCCOCCOCCOCCC(C(C)=O)C(C)C. The average molecular weight is 288 g/mol. The van der Waals surface area contributed by atoms with Crippen LogP contribution in [0.4, 0.5) is 0 Å². The summed E-state index contributed by atoms with van der Waals surface area (Å²) >= 11 is 0. The molecule has 0 aliphatic carbocycles. The Balaban J connectivity index is 3.29. The van der Waals surface area contributed by atoms with Crippen molar-refractivity contribution in [1.29, 1.82) is 0 Å². The predicted octanol–water partition coefficient (Wildman–Crippen LogP) is 3.09. The van der Waals surface area contributed by atoms with Crippen LogP contribution in [-0.4, -0.2) is 45.4 Å². The molecular formula is C16H32O4. The van der Waals surface area contributed by atoms with Crippen molar-refractivity contribution in [2.75, 3.05) is 39.6 Å². The highest BCUT2D eigenvalue weighted by Crippen LogP contribution is 2.16. The summed E-state index contributed by atoms with van der Waals surface area (Å²) in [6.07, 6.45) is 3.07. The van der Waals surface area contributed by atoms with Gasteiger partial charge in [0.25, 0.3) is 0 Å². The predicted molar refractivity (Wildman–Crippen MR) is 81.0 cm³/mol. The molecule has 0 saturated heterocycles. The fourth-order valence-electron chi connectivity index (χ4n) is 2.00. The van der Waals surface area contributed by atoms with Gasteiger partial charge in [-0.3, -0.25) is 4.79 Å². The number of hydrogen-bond donors (Lipinski definition) is 0. The second-order valence-electron chi connectivity index (χ2n) is 5.44. The van der Waals surface area contributed by atoms with Gasteiger partial charge in [0.2, 0.25) is 0 Å². The van der Waals surface area contributed by atoms with E-state index in [2.05, 4.69) is 20.8 Å². The molecule has 1 unspecified atom stereocenters. The summed E-state index contributed by atoms with van der Waals surface area (Å²) in [7, 11) is 0. The van der Waals surface area contributed by atoms with Crippen molar-refractivity contribution in [3.63, 3.8) is 0 Å². The first-order valence-corrected chi connectivity index (χ1v) is 7.83. The molecule has 0 radical (unpaired) electrons. The number of carbonyl (C=O) groups is 1. The summed E-state index contributed by atoms with van der Waals surface area (Å²) in [4.78, 5) is 11.4. The lowest BCUT2D eigenvalue weighted by Crippen LogP contribution is -2.20. The fourth-order valence-corrected chi connectivity index (χ4v) is 2.00. The van der Waals surface area contributed by atoms with E-state index in [0.29, 0.717) is 39.0 Å². The van der Waals surface area contributed by atoms with Crippen molar-refractivity contribution in [2.24, 2.45) is 11.8 Å². The molecule has 0 fully saturated rings. The number of Topliss-reactive ketones (excluding diaryl/α,β-unsaturated/α-hetero) is 1. The van der Waals surface area contributed by atoms with Crippen molar-refractivity contribution in [3.05, 3.63) is 0 Å². The molecule has 0 aliphatic rings. The molecule has 0 rings (SSSR count). The summed E-state index contributed by atoms with van der Waals surface area (Å²) in [6, 6.07) is 0. The first kappa shape index (κ1) is 19.6. The number of rotatable bonds is 14. The Morgan fingerprint density at radius 2 is 1.40 bits per heavy atom. The molecule has 0 aromatic rings. The molecule has 0 saturated carbocycles. The van der Waals surface area contributed by atoms with Gasteiger partial charge in [-0.1, -0.05) is 27.2 Å². The Labute approximate surface area is 124 Å². The average Bonchev–Trinajstić information content (AvgIpc) is 2.39. The standard InChI is InChI=1S/C16H32O4/c1-5-6-8-18-10-12-20-13-11-19-9-7-16(14(2)3)15(4)17/h14,16H,5-13H2,1-4H3. The van der Waals surface area contributed by atoms with Crippen molar-refractivity contribution < 1.29 is 19.0 Å². The van der Waals surface area contributed by atoms with Crippen LogP contribution >= 0.6 is 0 Å². The zero-order valence-corrected chi connectivity index (χ0v) is 13.7. The highest BCUT2D eigenvalue weighted by Gasteiger charge is 2.17. The summed E-state index contributed by atoms with van der Waals surface area (Å²) in [6.45, 7) is 11.8. The number of hydrogen-bond acceptors (Lipinski definition) is 4. The van der Waals surface area contributed by atoms with Gasteiger partial charge in [0, 0.05) is 19.1 Å². The van der Waals surface area contributed by atoms with Gasteiger partial charge >= 0.3 is 0 Å². The summed E-state index contributed by atoms with van der Waals surface area (Å²) in [5.74, 6) is 0.750. The van der Waals surface area contributed by atoms with Gasteiger partial charge in [-0.05, 0) is 25.7 Å². The van der Waals surface area contributed by atoms with E-state index in [1.165, 1.54) is 0 Å². The van der Waals surface area contributed by atoms with E-state index < -0.39 is 0 Å². The molecule has 0 bridgehead atoms. The Morgan fingerprint density at radius 1 is 0.900 bits per heavy atom. The Morgan fingerprint density at radius 3 is 1.85 bits per heavy atom. The second-order valence-corrected chi connectivity index (χ2v) is 5.44. The highest BCUT2D eigenvalue weighted by molar-refractivity contribution is 5.78. The molecule has 4 heteroatoms. The Bertz CT molecular complexity index is 229. The molecule has 0 N–H and O–H groups in total. The zero-order valence-electron chi connectivity index (χ0n) is 13.7. The first-order chi connectivity index (χ1) is 9.59. The molecule has 4 nitrogen and oxygen atoms in total. The maximum Gasteiger partial charge on any atom is 0.133 e. The van der Waals surface area contributed by atoms with Crippen molar-refractivity contribution >= 4 is 5.78 Å². The molecule has 120 valence electrons. The van der Waals surface area contributed by atoms with E-state index in [1.54, 1.807) is 6.92 Å². The van der Waals surface area contributed by atoms with E-state index >= 15 is 0 Å².